The van der Waals surface area contributed by atoms with Crippen molar-refractivity contribution in [3.8, 4) is 0 Å². The van der Waals surface area contributed by atoms with Crippen LogP contribution in [-0.4, -0.2) is 54.6 Å². The fourth-order valence-electron chi connectivity index (χ4n) is 4.58. The summed E-state index contributed by atoms with van der Waals surface area (Å²) in [5.74, 6) is -2.92. The molecule has 0 saturated carbocycles. The zero-order valence-corrected chi connectivity index (χ0v) is 23.2. The second kappa shape index (κ2) is 13.1. The minimum absolute atomic E-state index is 0.212. The van der Waals surface area contributed by atoms with Crippen LogP contribution in [0.4, 0.5) is 0 Å². The summed E-state index contributed by atoms with van der Waals surface area (Å²) in [6.45, 7) is 1.04. The van der Waals surface area contributed by atoms with Gasteiger partial charge >= 0.3 is 23.9 Å². The standard InChI is InChI=1S/C34H28O9/c1-34(43-32(38)26-20-12-5-13-21-26)28(41-30(36)24-16-8-3-9-17-24)27(22-39-29(35)23-14-6-2-7-15-23)40-33(34)42-31(37)25-18-10-4-11-19-25/h2-21,27-28,33H,22H2,1H3/t27-,28-,33?,34?/m1/s1. The van der Waals surface area contributed by atoms with Crippen molar-refractivity contribution in [2.24, 2.45) is 0 Å². The van der Waals surface area contributed by atoms with Gasteiger partial charge in [-0.05, 0) is 55.5 Å². The predicted octanol–water partition coefficient (Wildman–Crippen LogP) is 5.27. The van der Waals surface area contributed by atoms with Crippen molar-refractivity contribution in [1.82, 2.24) is 0 Å². The lowest BCUT2D eigenvalue weighted by Crippen LogP contribution is -2.53. The maximum absolute atomic E-state index is 13.3. The number of esters is 4. The summed E-state index contributed by atoms with van der Waals surface area (Å²) in [5.41, 5.74) is -0.901. The van der Waals surface area contributed by atoms with Crippen molar-refractivity contribution < 1.29 is 42.9 Å². The molecule has 218 valence electrons. The lowest BCUT2D eigenvalue weighted by Gasteiger charge is -2.33. The van der Waals surface area contributed by atoms with Gasteiger partial charge in [-0.1, -0.05) is 72.8 Å². The molecule has 0 aromatic heterocycles. The van der Waals surface area contributed by atoms with Crippen LogP contribution in [0.3, 0.4) is 0 Å². The van der Waals surface area contributed by atoms with Crippen LogP contribution in [-0.2, 0) is 23.7 Å². The molecule has 1 saturated heterocycles. The Labute approximate surface area is 247 Å². The lowest BCUT2D eigenvalue weighted by atomic mass is 9.96. The van der Waals surface area contributed by atoms with Gasteiger partial charge in [-0.3, -0.25) is 0 Å². The molecule has 5 rings (SSSR count). The van der Waals surface area contributed by atoms with Gasteiger partial charge in [-0.15, -0.1) is 0 Å². The van der Waals surface area contributed by atoms with E-state index in [9.17, 15) is 19.2 Å². The molecule has 0 N–H and O–H groups in total. The Kier molecular flexibility index (Phi) is 8.93. The Morgan fingerprint density at radius 2 is 0.977 bits per heavy atom. The van der Waals surface area contributed by atoms with E-state index in [1.54, 1.807) is 121 Å². The number of carbonyl (C=O) groups excluding carboxylic acids is 4. The highest BCUT2D eigenvalue weighted by atomic mass is 16.8. The van der Waals surface area contributed by atoms with Crippen molar-refractivity contribution in [1.29, 1.82) is 0 Å². The van der Waals surface area contributed by atoms with E-state index in [-0.39, 0.29) is 16.7 Å². The second-order valence-corrected chi connectivity index (χ2v) is 9.87. The van der Waals surface area contributed by atoms with Crippen molar-refractivity contribution in [3.63, 3.8) is 0 Å². The summed E-state index contributed by atoms with van der Waals surface area (Å²) in [5, 5.41) is 0. The first-order valence-electron chi connectivity index (χ1n) is 13.5. The average molecular weight is 581 g/mol. The van der Waals surface area contributed by atoms with Crippen LogP contribution < -0.4 is 0 Å². The molecule has 0 radical (unpaired) electrons. The first-order valence-corrected chi connectivity index (χ1v) is 13.5. The molecule has 4 aromatic carbocycles. The molecule has 0 aliphatic carbocycles. The van der Waals surface area contributed by atoms with Gasteiger partial charge in [0, 0.05) is 0 Å². The number of hydrogen-bond acceptors (Lipinski definition) is 9. The highest BCUT2D eigenvalue weighted by molar-refractivity contribution is 5.91. The summed E-state index contributed by atoms with van der Waals surface area (Å²) in [6.07, 6.45) is -4.07. The number of carbonyl (C=O) groups is 4. The van der Waals surface area contributed by atoms with Crippen molar-refractivity contribution in [2.45, 2.75) is 31.0 Å². The first-order chi connectivity index (χ1) is 20.8. The number of ether oxygens (including phenoxy) is 5. The zero-order chi connectivity index (χ0) is 30.2. The van der Waals surface area contributed by atoms with E-state index in [4.69, 9.17) is 23.7 Å². The Bertz CT molecular complexity index is 1560. The molecule has 43 heavy (non-hydrogen) atoms. The summed E-state index contributed by atoms with van der Waals surface area (Å²) in [6, 6.07) is 32.8. The Hall–Kier alpha value is -5.28. The van der Waals surface area contributed by atoms with Crippen LogP contribution in [0.2, 0.25) is 0 Å². The van der Waals surface area contributed by atoms with Crippen LogP contribution >= 0.6 is 0 Å². The molecular formula is C34H28O9. The molecule has 0 spiro atoms. The topological polar surface area (TPSA) is 114 Å². The van der Waals surface area contributed by atoms with Crippen LogP contribution in [0.1, 0.15) is 48.4 Å². The van der Waals surface area contributed by atoms with Crippen LogP contribution in [0.5, 0.6) is 0 Å². The fourth-order valence-corrected chi connectivity index (χ4v) is 4.58. The quantitative estimate of drug-likeness (QED) is 0.193. The number of hydrogen-bond donors (Lipinski definition) is 0. The lowest BCUT2D eigenvalue weighted by molar-refractivity contribution is -0.175. The third-order valence-electron chi connectivity index (χ3n) is 6.85. The molecule has 0 bridgehead atoms. The Morgan fingerprint density at radius 3 is 1.44 bits per heavy atom. The average Bonchev–Trinajstić information content (AvgIpc) is 3.30. The van der Waals surface area contributed by atoms with E-state index < -0.39 is 54.6 Å². The predicted molar refractivity (Wildman–Crippen MR) is 153 cm³/mol. The van der Waals surface area contributed by atoms with Crippen molar-refractivity contribution >= 4 is 23.9 Å². The van der Waals surface area contributed by atoms with Gasteiger partial charge in [-0.2, -0.15) is 0 Å². The molecule has 9 heteroatoms. The van der Waals surface area contributed by atoms with E-state index in [2.05, 4.69) is 0 Å². The van der Waals surface area contributed by atoms with E-state index >= 15 is 0 Å². The molecule has 4 atom stereocenters. The number of benzene rings is 4. The second-order valence-electron chi connectivity index (χ2n) is 9.87. The molecule has 1 aliphatic rings. The highest BCUT2D eigenvalue weighted by Gasteiger charge is 2.61. The minimum atomic E-state index is -1.86. The SMILES string of the molecule is CC1(OC(=O)c2ccccc2)C(OC(=O)c2ccccc2)O[C@H](COC(=O)c2ccccc2)[C@H]1OC(=O)c1ccccc1. The molecule has 1 aliphatic heterocycles. The normalized spacial score (nSPS) is 20.9. The van der Waals surface area contributed by atoms with Gasteiger partial charge in [0.15, 0.2) is 6.10 Å². The summed E-state index contributed by atoms with van der Waals surface area (Å²) in [4.78, 5) is 52.5. The van der Waals surface area contributed by atoms with Crippen LogP contribution in [0.15, 0.2) is 121 Å². The van der Waals surface area contributed by atoms with E-state index in [1.807, 2.05) is 0 Å². The largest absolute Gasteiger partial charge is 0.459 e. The van der Waals surface area contributed by atoms with Gasteiger partial charge in [0.2, 0.25) is 11.9 Å². The summed E-state index contributed by atoms with van der Waals surface area (Å²) >= 11 is 0. The fraction of sp³-hybridized carbons (Fsp3) is 0.176. The van der Waals surface area contributed by atoms with Crippen molar-refractivity contribution in [3.05, 3.63) is 144 Å². The third kappa shape index (κ3) is 6.79. The summed E-state index contributed by atoms with van der Waals surface area (Å²) < 4.78 is 29.1. The molecule has 1 heterocycles. The minimum Gasteiger partial charge on any atom is -0.459 e. The number of rotatable bonds is 9. The molecule has 0 amide bonds. The van der Waals surface area contributed by atoms with Gasteiger partial charge in [0.05, 0.1) is 22.3 Å². The Morgan fingerprint density at radius 1 is 0.581 bits per heavy atom. The highest BCUT2D eigenvalue weighted by Crippen LogP contribution is 2.39. The van der Waals surface area contributed by atoms with Crippen LogP contribution in [0.25, 0.3) is 0 Å². The van der Waals surface area contributed by atoms with Crippen molar-refractivity contribution in [2.75, 3.05) is 6.61 Å². The van der Waals surface area contributed by atoms with Gasteiger partial charge in [0.1, 0.15) is 12.7 Å². The van der Waals surface area contributed by atoms with Gasteiger partial charge in [-0.25, -0.2) is 19.2 Å². The van der Waals surface area contributed by atoms with E-state index in [0.29, 0.717) is 5.56 Å². The zero-order valence-electron chi connectivity index (χ0n) is 23.2. The van der Waals surface area contributed by atoms with Gasteiger partial charge in [0.25, 0.3) is 0 Å². The molecule has 9 nitrogen and oxygen atoms in total. The maximum Gasteiger partial charge on any atom is 0.340 e. The summed E-state index contributed by atoms with van der Waals surface area (Å²) in [7, 11) is 0. The van der Waals surface area contributed by atoms with E-state index in [0.717, 1.165) is 0 Å². The molecule has 2 unspecified atom stereocenters. The Balaban J connectivity index is 1.48. The molecular weight excluding hydrogens is 552 g/mol. The van der Waals surface area contributed by atoms with E-state index in [1.165, 1.54) is 6.92 Å². The first kappa shape index (κ1) is 29.2. The monoisotopic (exact) mass is 580 g/mol. The third-order valence-corrected chi connectivity index (χ3v) is 6.85. The smallest absolute Gasteiger partial charge is 0.340 e. The van der Waals surface area contributed by atoms with Crippen LogP contribution in [0, 0.1) is 0 Å². The molecule has 4 aromatic rings. The molecule has 1 fully saturated rings. The maximum atomic E-state index is 13.3. The van der Waals surface area contributed by atoms with Gasteiger partial charge < -0.3 is 23.7 Å².